The molecule has 0 radical (unpaired) electrons. The third kappa shape index (κ3) is 5.04. The first kappa shape index (κ1) is 20.9. The van der Waals surface area contributed by atoms with Gasteiger partial charge in [0.15, 0.2) is 5.13 Å². The summed E-state index contributed by atoms with van der Waals surface area (Å²) >= 11 is 2.51. The molecule has 0 fully saturated rings. The lowest BCUT2D eigenvalue weighted by molar-refractivity contribution is -0.113. The minimum Gasteiger partial charge on any atom is -0.497 e. The Bertz CT molecular complexity index is 1170. The van der Waals surface area contributed by atoms with Crippen LogP contribution in [-0.4, -0.2) is 41.1 Å². The van der Waals surface area contributed by atoms with Crippen LogP contribution in [0.3, 0.4) is 0 Å². The summed E-state index contributed by atoms with van der Waals surface area (Å²) in [5, 5.41) is 13.5. The van der Waals surface area contributed by atoms with E-state index in [1.807, 2.05) is 53.9 Å². The average Bonchev–Trinajstić information content (AvgIpc) is 3.47. The van der Waals surface area contributed by atoms with Crippen molar-refractivity contribution in [2.24, 2.45) is 0 Å². The molecule has 0 saturated carbocycles. The highest BCUT2D eigenvalue weighted by Crippen LogP contribution is 2.31. The zero-order valence-corrected chi connectivity index (χ0v) is 18.3. The number of para-hydroxylation sites is 1. The van der Waals surface area contributed by atoms with Crippen molar-refractivity contribution in [2.45, 2.75) is 5.22 Å². The van der Waals surface area contributed by atoms with Gasteiger partial charge in [0.2, 0.25) is 5.91 Å². The SMILES string of the molecule is COc1ccc(-c2csc(NC(=O)CSc3nnc(-c4ccccc4OC)o3)n2)cc1. The Labute approximate surface area is 186 Å². The lowest BCUT2D eigenvalue weighted by Gasteiger charge is -2.03. The highest BCUT2D eigenvalue weighted by atomic mass is 32.2. The van der Waals surface area contributed by atoms with Gasteiger partial charge in [-0.1, -0.05) is 23.9 Å². The molecular weight excluding hydrogens is 436 g/mol. The maximum absolute atomic E-state index is 12.3. The van der Waals surface area contributed by atoms with Gasteiger partial charge in [0, 0.05) is 10.9 Å². The number of amides is 1. The molecular formula is C21H18N4O4S2. The number of nitrogens with zero attached hydrogens (tertiary/aromatic N) is 3. The van der Waals surface area contributed by atoms with Crippen LogP contribution in [0.15, 0.2) is 63.6 Å². The van der Waals surface area contributed by atoms with E-state index in [0.29, 0.717) is 27.6 Å². The number of hydrogen-bond acceptors (Lipinski definition) is 9. The van der Waals surface area contributed by atoms with Gasteiger partial charge in [-0.2, -0.15) is 0 Å². The number of thiazole rings is 1. The molecule has 0 bridgehead atoms. The van der Waals surface area contributed by atoms with E-state index >= 15 is 0 Å². The molecule has 158 valence electrons. The molecule has 10 heteroatoms. The van der Waals surface area contributed by atoms with E-state index in [4.69, 9.17) is 13.9 Å². The Morgan fingerprint density at radius 1 is 1.10 bits per heavy atom. The summed E-state index contributed by atoms with van der Waals surface area (Å²) < 4.78 is 16.1. The number of hydrogen-bond donors (Lipinski definition) is 1. The fourth-order valence-electron chi connectivity index (χ4n) is 2.71. The van der Waals surface area contributed by atoms with Crippen molar-refractivity contribution in [1.29, 1.82) is 0 Å². The molecule has 2 aromatic carbocycles. The van der Waals surface area contributed by atoms with Crippen molar-refractivity contribution in [3.8, 4) is 34.2 Å². The topological polar surface area (TPSA) is 99.4 Å². The first-order chi connectivity index (χ1) is 15.2. The van der Waals surface area contributed by atoms with Gasteiger partial charge in [-0.15, -0.1) is 21.5 Å². The number of anilines is 1. The van der Waals surface area contributed by atoms with Crippen molar-refractivity contribution in [1.82, 2.24) is 15.2 Å². The second-order valence-electron chi connectivity index (χ2n) is 6.18. The third-order valence-corrected chi connectivity index (χ3v) is 5.78. The van der Waals surface area contributed by atoms with Gasteiger partial charge in [0.05, 0.1) is 31.2 Å². The van der Waals surface area contributed by atoms with Crippen LogP contribution in [-0.2, 0) is 4.79 Å². The summed E-state index contributed by atoms with van der Waals surface area (Å²) in [4.78, 5) is 16.8. The van der Waals surface area contributed by atoms with Crippen LogP contribution in [0, 0.1) is 0 Å². The molecule has 0 spiro atoms. The molecule has 0 saturated heterocycles. The van der Waals surface area contributed by atoms with Crippen molar-refractivity contribution >= 4 is 34.1 Å². The first-order valence-electron chi connectivity index (χ1n) is 9.16. The summed E-state index contributed by atoms with van der Waals surface area (Å²) in [6.45, 7) is 0. The molecule has 2 heterocycles. The number of carbonyl (C=O) groups is 1. The summed E-state index contributed by atoms with van der Waals surface area (Å²) in [6, 6.07) is 14.9. The highest BCUT2D eigenvalue weighted by Gasteiger charge is 2.15. The summed E-state index contributed by atoms with van der Waals surface area (Å²) in [6.07, 6.45) is 0. The molecule has 31 heavy (non-hydrogen) atoms. The minimum atomic E-state index is -0.210. The number of ether oxygens (including phenoxy) is 2. The smallest absolute Gasteiger partial charge is 0.277 e. The summed E-state index contributed by atoms with van der Waals surface area (Å²) in [7, 11) is 3.20. The first-order valence-corrected chi connectivity index (χ1v) is 11.0. The molecule has 0 atom stereocenters. The van der Waals surface area contributed by atoms with Gasteiger partial charge < -0.3 is 19.2 Å². The van der Waals surface area contributed by atoms with Crippen LogP contribution in [0.5, 0.6) is 11.5 Å². The van der Waals surface area contributed by atoms with Crippen molar-refractivity contribution in [2.75, 3.05) is 25.3 Å². The number of rotatable bonds is 8. The maximum Gasteiger partial charge on any atom is 0.277 e. The predicted molar refractivity (Wildman–Crippen MR) is 120 cm³/mol. The fraction of sp³-hybridized carbons (Fsp3) is 0.143. The number of nitrogens with one attached hydrogen (secondary N) is 1. The van der Waals surface area contributed by atoms with Gasteiger partial charge in [0.1, 0.15) is 11.5 Å². The Hall–Kier alpha value is -3.37. The summed E-state index contributed by atoms with van der Waals surface area (Å²) in [5.41, 5.74) is 2.43. The van der Waals surface area contributed by atoms with Crippen molar-refractivity contribution < 1.29 is 18.7 Å². The summed E-state index contributed by atoms with van der Waals surface area (Å²) in [5.74, 6) is 1.66. The highest BCUT2D eigenvalue weighted by molar-refractivity contribution is 7.99. The Kier molecular flexibility index (Phi) is 6.48. The van der Waals surface area contributed by atoms with E-state index in [1.54, 1.807) is 14.2 Å². The van der Waals surface area contributed by atoms with Crippen LogP contribution < -0.4 is 14.8 Å². The second-order valence-corrected chi connectivity index (χ2v) is 7.96. The standard InChI is InChI=1S/C21H18N4O4S2/c1-27-14-9-7-13(8-10-14)16-11-30-20(22-16)23-18(26)12-31-21-25-24-19(29-21)15-5-3-4-6-17(15)28-2/h3-11H,12H2,1-2H3,(H,22,23,26). The van der Waals surface area contributed by atoms with Crippen LogP contribution >= 0.6 is 23.1 Å². The fourth-order valence-corrected chi connectivity index (χ4v) is 4.01. The van der Waals surface area contributed by atoms with Gasteiger partial charge in [-0.3, -0.25) is 4.79 Å². The maximum atomic E-state index is 12.3. The molecule has 4 aromatic rings. The number of benzene rings is 2. The third-order valence-electron chi connectivity index (χ3n) is 4.21. The molecule has 0 aliphatic rings. The van der Waals surface area contributed by atoms with E-state index < -0.39 is 0 Å². The quantitative estimate of drug-likeness (QED) is 0.385. The van der Waals surface area contributed by atoms with Crippen LogP contribution in [0.1, 0.15) is 0 Å². The molecule has 4 rings (SSSR count). The Balaban J connectivity index is 1.34. The van der Waals surface area contributed by atoms with Crippen LogP contribution in [0.2, 0.25) is 0 Å². The number of methoxy groups -OCH3 is 2. The minimum absolute atomic E-state index is 0.116. The lowest BCUT2D eigenvalue weighted by atomic mass is 10.2. The number of carbonyl (C=O) groups excluding carboxylic acids is 1. The van der Waals surface area contributed by atoms with E-state index in [2.05, 4.69) is 20.5 Å². The van der Waals surface area contributed by atoms with Crippen molar-refractivity contribution in [3.63, 3.8) is 0 Å². The van der Waals surface area contributed by atoms with E-state index in [0.717, 1.165) is 28.8 Å². The van der Waals surface area contributed by atoms with E-state index in [1.165, 1.54) is 11.3 Å². The molecule has 1 N–H and O–H groups in total. The normalized spacial score (nSPS) is 10.6. The molecule has 2 aromatic heterocycles. The predicted octanol–water partition coefficient (Wildman–Crippen LogP) is 4.61. The number of aromatic nitrogens is 3. The molecule has 0 unspecified atom stereocenters. The second kappa shape index (κ2) is 9.63. The van der Waals surface area contributed by atoms with Crippen LogP contribution in [0.25, 0.3) is 22.7 Å². The largest absolute Gasteiger partial charge is 0.497 e. The Morgan fingerprint density at radius 2 is 1.90 bits per heavy atom. The van der Waals surface area contributed by atoms with Gasteiger partial charge in [-0.25, -0.2) is 4.98 Å². The zero-order valence-electron chi connectivity index (χ0n) is 16.7. The molecule has 0 aliphatic heterocycles. The van der Waals surface area contributed by atoms with E-state index in [9.17, 15) is 4.79 Å². The molecule has 8 nitrogen and oxygen atoms in total. The Morgan fingerprint density at radius 3 is 2.68 bits per heavy atom. The van der Waals surface area contributed by atoms with Gasteiger partial charge >= 0.3 is 0 Å². The van der Waals surface area contributed by atoms with Crippen LogP contribution in [0.4, 0.5) is 5.13 Å². The molecule has 1 amide bonds. The van der Waals surface area contributed by atoms with Gasteiger partial charge in [0.25, 0.3) is 11.1 Å². The van der Waals surface area contributed by atoms with Crippen molar-refractivity contribution in [3.05, 3.63) is 53.9 Å². The average molecular weight is 455 g/mol. The molecule has 0 aliphatic carbocycles. The van der Waals surface area contributed by atoms with E-state index in [-0.39, 0.29) is 11.7 Å². The lowest BCUT2D eigenvalue weighted by Crippen LogP contribution is -2.13. The number of thioether (sulfide) groups is 1. The van der Waals surface area contributed by atoms with Gasteiger partial charge in [-0.05, 0) is 36.4 Å². The monoisotopic (exact) mass is 454 g/mol. The zero-order chi connectivity index (χ0) is 21.6.